The maximum Gasteiger partial charge on any atom is 0.417 e. The van der Waals surface area contributed by atoms with Crippen LogP contribution >= 0.6 is 0 Å². The van der Waals surface area contributed by atoms with E-state index in [1.807, 2.05) is 0 Å². The van der Waals surface area contributed by atoms with Gasteiger partial charge in [-0.25, -0.2) is 4.98 Å². The molecule has 0 saturated heterocycles. The second-order valence-corrected chi connectivity index (χ2v) is 8.11. The van der Waals surface area contributed by atoms with E-state index in [-0.39, 0.29) is 24.0 Å². The van der Waals surface area contributed by atoms with E-state index in [0.717, 1.165) is 57.4 Å². The number of alkyl halides is 3. The van der Waals surface area contributed by atoms with Gasteiger partial charge in [-0.15, -0.1) is 0 Å². The molecule has 0 radical (unpaired) electrons. The summed E-state index contributed by atoms with van der Waals surface area (Å²) in [4.78, 5) is 17.1. The molecule has 29 heavy (non-hydrogen) atoms. The van der Waals surface area contributed by atoms with E-state index in [0.29, 0.717) is 11.6 Å². The minimum absolute atomic E-state index is 0.0923. The third kappa shape index (κ3) is 3.91. The number of esters is 1. The van der Waals surface area contributed by atoms with Crippen LogP contribution in [0.2, 0.25) is 0 Å². The number of ether oxygens (including phenoxy) is 1. The van der Waals surface area contributed by atoms with E-state index < -0.39 is 17.2 Å². The lowest BCUT2D eigenvalue weighted by atomic mass is 9.59. The zero-order chi connectivity index (χ0) is 20.5. The highest BCUT2D eigenvalue weighted by atomic mass is 19.4. The third-order valence-electron chi connectivity index (χ3n) is 6.40. The first-order valence-corrected chi connectivity index (χ1v) is 10.2. The topological polar surface area (TPSA) is 52.3 Å². The largest absolute Gasteiger partial charge is 0.459 e. The summed E-state index contributed by atoms with van der Waals surface area (Å²) in [5, 5.41) is 0. The molecule has 1 aromatic carbocycles. The molecule has 0 bridgehead atoms. The third-order valence-corrected chi connectivity index (χ3v) is 6.40. The molecule has 0 spiro atoms. The smallest absolute Gasteiger partial charge is 0.417 e. The molecule has 4 nitrogen and oxygen atoms in total. The summed E-state index contributed by atoms with van der Waals surface area (Å²) >= 11 is 0. The van der Waals surface area contributed by atoms with Crippen molar-refractivity contribution >= 4 is 5.97 Å². The maximum atomic E-state index is 13.2. The number of benzene rings is 1. The molecule has 2 aromatic rings. The number of aromatic nitrogens is 1. The van der Waals surface area contributed by atoms with Crippen molar-refractivity contribution in [3.63, 3.8) is 0 Å². The van der Waals surface area contributed by atoms with E-state index in [4.69, 9.17) is 9.15 Å². The number of fused-ring (bicyclic) bond motifs is 1. The van der Waals surface area contributed by atoms with Crippen LogP contribution in [-0.4, -0.2) is 11.0 Å². The van der Waals surface area contributed by atoms with Gasteiger partial charge in [0.25, 0.3) is 0 Å². The van der Waals surface area contributed by atoms with Crippen LogP contribution in [0.1, 0.15) is 62.6 Å². The van der Waals surface area contributed by atoms with Crippen LogP contribution in [0.4, 0.5) is 13.2 Å². The van der Waals surface area contributed by atoms with Gasteiger partial charge >= 0.3 is 12.1 Å². The summed E-state index contributed by atoms with van der Waals surface area (Å²) in [7, 11) is 0. The molecule has 2 saturated carbocycles. The molecule has 0 N–H and O–H groups in total. The number of carbonyl (C=O) groups is 1. The van der Waals surface area contributed by atoms with Crippen LogP contribution in [0.25, 0.3) is 11.5 Å². The lowest BCUT2D eigenvalue weighted by molar-refractivity contribution is -0.167. The summed E-state index contributed by atoms with van der Waals surface area (Å²) < 4.78 is 50.5. The molecule has 0 amide bonds. The second kappa shape index (κ2) is 7.84. The van der Waals surface area contributed by atoms with Gasteiger partial charge < -0.3 is 9.15 Å². The van der Waals surface area contributed by atoms with Crippen LogP contribution in [-0.2, 0) is 22.3 Å². The normalized spacial score (nSPS) is 24.7. The van der Waals surface area contributed by atoms with E-state index in [2.05, 4.69) is 4.98 Å². The summed E-state index contributed by atoms with van der Waals surface area (Å²) in [5.41, 5.74) is -1.02. The zero-order valence-corrected chi connectivity index (χ0v) is 16.1. The number of hydrogen-bond donors (Lipinski definition) is 0. The Labute approximate surface area is 167 Å². The summed E-state index contributed by atoms with van der Waals surface area (Å²) in [6.07, 6.45) is 4.99. The van der Waals surface area contributed by atoms with Crippen molar-refractivity contribution in [2.24, 2.45) is 11.3 Å². The van der Waals surface area contributed by atoms with Gasteiger partial charge in [-0.05, 0) is 43.7 Å². The zero-order valence-electron chi connectivity index (χ0n) is 16.1. The summed E-state index contributed by atoms with van der Waals surface area (Å²) in [6, 6.07) is 5.13. The predicted molar refractivity (Wildman–Crippen MR) is 99.6 cm³/mol. The highest BCUT2D eigenvalue weighted by Gasteiger charge is 2.49. The number of halogens is 3. The van der Waals surface area contributed by atoms with Crippen LogP contribution < -0.4 is 0 Å². The molecular formula is C22H24F3NO3. The van der Waals surface area contributed by atoms with Crippen LogP contribution in [0, 0.1) is 11.3 Å². The van der Waals surface area contributed by atoms with E-state index >= 15 is 0 Å². The minimum atomic E-state index is -4.51. The minimum Gasteiger partial charge on any atom is -0.459 e. The Bertz CT molecular complexity index is 862. The number of hydrogen-bond acceptors (Lipinski definition) is 4. The Kier molecular flexibility index (Phi) is 5.40. The molecule has 1 aromatic heterocycles. The quantitative estimate of drug-likeness (QED) is 0.570. The molecule has 2 aliphatic carbocycles. The lowest BCUT2D eigenvalue weighted by Crippen LogP contribution is -2.44. The Hall–Kier alpha value is -2.31. The Morgan fingerprint density at radius 2 is 1.83 bits per heavy atom. The van der Waals surface area contributed by atoms with Crippen LogP contribution in [0.15, 0.2) is 34.9 Å². The molecule has 4 rings (SSSR count). The van der Waals surface area contributed by atoms with Gasteiger partial charge in [0, 0.05) is 5.56 Å². The van der Waals surface area contributed by atoms with E-state index in [1.54, 1.807) is 0 Å². The van der Waals surface area contributed by atoms with Gasteiger partial charge in [-0.1, -0.05) is 37.8 Å². The molecule has 0 unspecified atom stereocenters. The highest BCUT2D eigenvalue weighted by molar-refractivity contribution is 5.77. The van der Waals surface area contributed by atoms with Gasteiger partial charge in [0.05, 0.1) is 11.0 Å². The monoisotopic (exact) mass is 407 g/mol. The maximum absolute atomic E-state index is 13.2. The number of nitrogens with zero attached hydrogens (tertiary/aromatic N) is 1. The van der Waals surface area contributed by atoms with Crippen molar-refractivity contribution in [1.29, 1.82) is 0 Å². The summed E-state index contributed by atoms with van der Waals surface area (Å²) in [5.74, 6) is 0.0570. The van der Waals surface area contributed by atoms with Crippen molar-refractivity contribution < 1.29 is 27.1 Å². The fraction of sp³-hybridized carbons (Fsp3) is 0.545. The van der Waals surface area contributed by atoms with Crippen LogP contribution in [0.5, 0.6) is 0 Å². The van der Waals surface area contributed by atoms with Crippen LogP contribution in [0.3, 0.4) is 0 Å². The standard InChI is InChI=1S/C22H24F3NO3/c23-22(24,25)18-10-2-1-9-17(18)19-26-16(13-28-19)14-29-20(27)21-11-5-3-7-15(21)8-4-6-12-21/h1-2,9-10,13,15H,3-8,11-12,14H2. The summed E-state index contributed by atoms with van der Waals surface area (Å²) in [6.45, 7) is -0.0923. The van der Waals surface area contributed by atoms with Gasteiger partial charge in [-0.3, -0.25) is 4.79 Å². The van der Waals surface area contributed by atoms with Gasteiger partial charge in [0.1, 0.15) is 18.6 Å². The molecule has 156 valence electrons. The molecule has 2 aliphatic rings. The highest BCUT2D eigenvalue weighted by Crippen LogP contribution is 2.51. The average molecular weight is 407 g/mol. The molecule has 1 heterocycles. The average Bonchev–Trinajstić information content (AvgIpc) is 3.20. The van der Waals surface area contributed by atoms with Crippen molar-refractivity contribution in [1.82, 2.24) is 4.98 Å². The van der Waals surface area contributed by atoms with Gasteiger partial charge in [0.15, 0.2) is 0 Å². The molecule has 2 fully saturated rings. The van der Waals surface area contributed by atoms with Gasteiger partial charge in [0.2, 0.25) is 5.89 Å². The number of oxazole rings is 1. The van der Waals surface area contributed by atoms with Crippen molar-refractivity contribution in [2.75, 3.05) is 0 Å². The predicted octanol–water partition coefficient (Wildman–Crippen LogP) is 6.15. The van der Waals surface area contributed by atoms with Crippen molar-refractivity contribution in [3.8, 4) is 11.5 Å². The fourth-order valence-corrected chi connectivity index (χ4v) is 4.96. The SMILES string of the molecule is O=C(OCc1coc(-c2ccccc2C(F)(F)F)n1)C12CCCCC1CCCC2. The molecule has 7 heteroatoms. The molecule has 0 atom stereocenters. The Morgan fingerprint density at radius 3 is 2.52 bits per heavy atom. The molecular weight excluding hydrogens is 383 g/mol. The second-order valence-electron chi connectivity index (χ2n) is 8.11. The van der Waals surface area contributed by atoms with Crippen molar-refractivity contribution in [3.05, 3.63) is 41.8 Å². The van der Waals surface area contributed by atoms with E-state index in [9.17, 15) is 18.0 Å². The van der Waals surface area contributed by atoms with Crippen molar-refractivity contribution in [2.45, 2.75) is 64.1 Å². The van der Waals surface area contributed by atoms with E-state index in [1.165, 1.54) is 24.5 Å². The Balaban J connectivity index is 1.47. The molecule has 0 aliphatic heterocycles. The first-order valence-electron chi connectivity index (χ1n) is 10.2. The number of rotatable bonds is 4. The first kappa shape index (κ1) is 20.0. The Morgan fingerprint density at radius 1 is 1.14 bits per heavy atom. The lowest BCUT2D eigenvalue weighted by Gasteiger charge is -2.45. The number of carbonyl (C=O) groups excluding carboxylic acids is 1. The van der Waals surface area contributed by atoms with Gasteiger partial charge in [-0.2, -0.15) is 13.2 Å². The first-order chi connectivity index (χ1) is 13.9. The fourth-order valence-electron chi connectivity index (χ4n) is 4.96.